The molecule has 0 unspecified atom stereocenters. The van der Waals surface area contributed by atoms with Crippen LogP contribution in [0, 0.1) is 11.2 Å². The highest BCUT2D eigenvalue weighted by Crippen LogP contribution is 2.35. The van der Waals surface area contributed by atoms with E-state index in [1.165, 1.54) is 19.2 Å². The summed E-state index contributed by atoms with van der Waals surface area (Å²) in [6.45, 7) is 3.65. The molecule has 0 aromatic heterocycles. The van der Waals surface area contributed by atoms with Crippen LogP contribution in [0.5, 0.6) is 5.75 Å². The van der Waals surface area contributed by atoms with Crippen molar-refractivity contribution >= 4 is 12.4 Å². The van der Waals surface area contributed by atoms with Gasteiger partial charge in [-0.2, -0.15) is 0 Å². The lowest BCUT2D eigenvalue weighted by Gasteiger charge is -2.30. The summed E-state index contributed by atoms with van der Waals surface area (Å²) in [6, 6.07) is 3.82. The average Bonchev–Trinajstić information content (AvgIpc) is 2.27. The number of aliphatic hydroxyl groups is 1. The van der Waals surface area contributed by atoms with Gasteiger partial charge in [-0.25, -0.2) is 4.39 Å². The van der Waals surface area contributed by atoms with Gasteiger partial charge in [0.05, 0.1) is 7.11 Å². The molecule has 1 aromatic carbocycles. The summed E-state index contributed by atoms with van der Waals surface area (Å²) in [4.78, 5) is 0. The Balaban J connectivity index is 0.00000256. The maximum absolute atomic E-state index is 13.0. The summed E-state index contributed by atoms with van der Waals surface area (Å²) < 4.78 is 18.1. The SMILES string of the molecule is COc1cc(F)ccc1[C@@H](N)C(C)(C)CO.Cl. The number of aliphatic hydroxyl groups excluding tert-OH is 1. The lowest BCUT2D eigenvalue weighted by atomic mass is 9.81. The van der Waals surface area contributed by atoms with E-state index in [0.29, 0.717) is 11.3 Å². The van der Waals surface area contributed by atoms with Gasteiger partial charge in [0.15, 0.2) is 0 Å². The fraction of sp³-hybridized carbons (Fsp3) is 0.500. The molecule has 0 heterocycles. The van der Waals surface area contributed by atoms with Gasteiger partial charge in [-0.3, -0.25) is 0 Å². The highest BCUT2D eigenvalue weighted by atomic mass is 35.5. The van der Waals surface area contributed by atoms with Crippen molar-refractivity contribution in [2.24, 2.45) is 11.1 Å². The molecule has 1 aromatic rings. The Morgan fingerprint density at radius 1 is 1.47 bits per heavy atom. The van der Waals surface area contributed by atoms with Crippen LogP contribution in [-0.2, 0) is 0 Å². The summed E-state index contributed by atoms with van der Waals surface area (Å²) in [7, 11) is 1.47. The van der Waals surface area contributed by atoms with Crippen molar-refractivity contribution in [3.8, 4) is 5.75 Å². The van der Waals surface area contributed by atoms with Gasteiger partial charge in [0.2, 0.25) is 0 Å². The number of ether oxygens (including phenoxy) is 1. The van der Waals surface area contributed by atoms with E-state index >= 15 is 0 Å². The van der Waals surface area contributed by atoms with Crippen molar-refractivity contribution in [2.45, 2.75) is 19.9 Å². The van der Waals surface area contributed by atoms with Crippen LogP contribution in [0.4, 0.5) is 4.39 Å². The number of hydrogen-bond acceptors (Lipinski definition) is 3. The van der Waals surface area contributed by atoms with Crippen molar-refractivity contribution in [2.75, 3.05) is 13.7 Å². The van der Waals surface area contributed by atoms with Crippen LogP contribution in [0.3, 0.4) is 0 Å². The molecule has 0 aliphatic rings. The predicted octanol–water partition coefficient (Wildman–Crippen LogP) is 2.27. The zero-order valence-electron chi connectivity index (χ0n) is 10.2. The van der Waals surface area contributed by atoms with Crippen molar-refractivity contribution in [1.82, 2.24) is 0 Å². The van der Waals surface area contributed by atoms with Crippen molar-refractivity contribution in [1.29, 1.82) is 0 Å². The van der Waals surface area contributed by atoms with E-state index in [-0.39, 0.29) is 24.8 Å². The second kappa shape index (κ2) is 6.19. The second-order valence-electron chi connectivity index (χ2n) is 4.51. The number of benzene rings is 1. The van der Waals surface area contributed by atoms with Crippen LogP contribution < -0.4 is 10.5 Å². The number of hydrogen-bond donors (Lipinski definition) is 2. The topological polar surface area (TPSA) is 55.5 Å². The van der Waals surface area contributed by atoms with Crippen LogP contribution >= 0.6 is 12.4 Å². The Hall–Kier alpha value is -0.840. The van der Waals surface area contributed by atoms with Crippen LogP contribution in [0.2, 0.25) is 0 Å². The third-order valence-corrected chi connectivity index (χ3v) is 2.78. The van der Waals surface area contributed by atoms with Gasteiger partial charge in [-0.1, -0.05) is 19.9 Å². The molecule has 0 spiro atoms. The molecule has 1 atom stereocenters. The number of methoxy groups -OCH3 is 1. The molecule has 0 saturated carbocycles. The van der Waals surface area contributed by atoms with Crippen LogP contribution in [0.25, 0.3) is 0 Å². The molecule has 0 aliphatic carbocycles. The van der Waals surface area contributed by atoms with Gasteiger partial charge in [-0.05, 0) is 6.07 Å². The molecule has 0 radical (unpaired) electrons. The Morgan fingerprint density at radius 2 is 2.06 bits per heavy atom. The molecule has 0 saturated heterocycles. The Morgan fingerprint density at radius 3 is 2.53 bits per heavy atom. The zero-order chi connectivity index (χ0) is 12.3. The summed E-state index contributed by atoms with van der Waals surface area (Å²) in [5, 5.41) is 9.25. The molecule has 0 amide bonds. The standard InChI is InChI=1S/C12H18FNO2.ClH/c1-12(2,7-15)11(14)9-5-4-8(13)6-10(9)16-3;/h4-6,11,15H,7,14H2,1-3H3;1H/t11-;/m1./s1. The van der Waals surface area contributed by atoms with E-state index in [2.05, 4.69) is 0 Å². The summed E-state index contributed by atoms with van der Waals surface area (Å²) in [5.41, 5.74) is 6.26. The van der Waals surface area contributed by atoms with Crippen LogP contribution in [-0.4, -0.2) is 18.8 Å². The average molecular weight is 264 g/mol. The van der Waals surface area contributed by atoms with E-state index in [4.69, 9.17) is 10.5 Å². The Labute approximate surface area is 107 Å². The fourth-order valence-corrected chi connectivity index (χ4v) is 1.46. The molecule has 3 N–H and O–H groups in total. The maximum atomic E-state index is 13.0. The number of nitrogens with two attached hydrogens (primary N) is 1. The lowest BCUT2D eigenvalue weighted by molar-refractivity contribution is 0.131. The number of rotatable bonds is 4. The lowest BCUT2D eigenvalue weighted by Crippen LogP contribution is -2.32. The molecule has 98 valence electrons. The molecule has 5 heteroatoms. The van der Waals surface area contributed by atoms with Gasteiger partial charge in [0, 0.05) is 29.7 Å². The molecule has 1 rings (SSSR count). The van der Waals surface area contributed by atoms with Gasteiger partial charge in [0.25, 0.3) is 0 Å². The molecule has 0 bridgehead atoms. The number of halogens is 2. The Bertz CT molecular complexity index is 372. The minimum absolute atomic E-state index is 0. The molecule has 3 nitrogen and oxygen atoms in total. The first-order chi connectivity index (χ1) is 7.42. The van der Waals surface area contributed by atoms with Crippen LogP contribution in [0.15, 0.2) is 18.2 Å². The Kier molecular flexibility index (Phi) is 5.88. The first-order valence-corrected chi connectivity index (χ1v) is 5.12. The van der Waals surface area contributed by atoms with Gasteiger partial charge in [0.1, 0.15) is 11.6 Å². The van der Waals surface area contributed by atoms with E-state index in [9.17, 15) is 9.50 Å². The molecular weight excluding hydrogens is 245 g/mol. The highest BCUT2D eigenvalue weighted by Gasteiger charge is 2.29. The monoisotopic (exact) mass is 263 g/mol. The fourth-order valence-electron chi connectivity index (χ4n) is 1.46. The predicted molar refractivity (Wildman–Crippen MR) is 68.0 cm³/mol. The third-order valence-electron chi connectivity index (χ3n) is 2.78. The first kappa shape index (κ1) is 16.2. The molecular formula is C12H19ClFNO2. The van der Waals surface area contributed by atoms with Gasteiger partial charge in [-0.15, -0.1) is 12.4 Å². The van der Waals surface area contributed by atoms with E-state index in [0.717, 1.165) is 0 Å². The zero-order valence-corrected chi connectivity index (χ0v) is 11.1. The largest absolute Gasteiger partial charge is 0.496 e. The quantitative estimate of drug-likeness (QED) is 0.876. The first-order valence-electron chi connectivity index (χ1n) is 5.12. The molecule has 0 aliphatic heterocycles. The van der Waals surface area contributed by atoms with Gasteiger partial charge >= 0.3 is 0 Å². The minimum atomic E-state index is -0.481. The summed E-state index contributed by atoms with van der Waals surface area (Å²) >= 11 is 0. The van der Waals surface area contributed by atoms with Crippen molar-refractivity contribution < 1.29 is 14.2 Å². The molecule has 0 fully saturated rings. The van der Waals surface area contributed by atoms with E-state index in [1.54, 1.807) is 6.07 Å². The smallest absolute Gasteiger partial charge is 0.126 e. The van der Waals surface area contributed by atoms with E-state index in [1.807, 2.05) is 13.8 Å². The van der Waals surface area contributed by atoms with Crippen LogP contribution in [0.1, 0.15) is 25.5 Å². The highest BCUT2D eigenvalue weighted by molar-refractivity contribution is 5.85. The molecule has 17 heavy (non-hydrogen) atoms. The second-order valence-corrected chi connectivity index (χ2v) is 4.51. The summed E-state index contributed by atoms with van der Waals surface area (Å²) in [6.07, 6.45) is 0. The normalized spacial score (nSPS) is 12.8. The van der Waals surface area contributed by atoms with E-state index < -0.39 is 11.5 Å². The minimum Gasteiger partial charge on any atom is -0.496 e. The van der Waals surface area contributed by atoms with Crippen molar-refractivity contribution in [3.63, 3.8) is 0 Å². The van der Waals surface area contributed by atoms with Gasteiger partial charge < -0.3 is 15.6 Å². The maximum Gasteiger partial charge on any atom is 0.126 e. The summed E-state index contributed by atoms with van der Waals surface area (Å²) in [5.74, 6) is 0.0450. The third kappa shape index (κ3) is 3.56. The van der Waals surface area contributed by atoms with Crippen molar-refractivity contribution in [3.05, 3.63) is 29.6 Å².